The maximum atomic E-state index is 11.4. The number of hydrogen-bond donors (Lipinski definition) is 1. The van der Waals surface area contributed by atoms with E-state index in [1.54, 1.807) is 12.4 Å². The molecule has 1 aliphatic rings. The largest absolute Gasteiger partial charge is 0.502 e. The molecule has 0 unspecified atom stereocenters. The smallest absolute Gasteiger partial charge is 0.226 e. The molecule has 1 atom stereocenters. The van der Waals surface area contributed by atoms with Crippen LogP contribution in [0.25, 0.3) is 0 Å². The van der Waals surface area contributed by atoms with Crippen LogP contribution < -0.4 is 10.2 Å². The zero-order valence-corrected chi connectivity index (χ0v) is 11.4. The third kappa shape index (κ3) is 3.41. The van der Waals surface area contributed by atoms with Gasteiger partial charge in [0.2, 0.25) is 5.43 Å². The highest BCUT2D eigenvalue weighted by atomic mass is 16.5. The van der Waals surface area contributed by atoms with E-state index in [9.17, 15) is 4.79 Å². The Morgan fingerprint density at radius 3 is 3.00 bits per heavy atom. The molecule has 0 bridgehead atoms. The van der Waals surface area contributed by atoms with Gasteiger partial charge in [-0.2, -0.15) is 0 Å². The summed E-state index contributed by atoms with van der Waals surface area (Å²) in [6, 6.07) is 5.00. The van der Waals surface area contributed by atoms with Gasteiger partial charge in [0.05, 0.1) is 6.54 Å². The summed E-state index contributed by atoms with van der Waals surface area (Å²) >= 11 is 0. The van der Waals surface area contributed by atoms with Crippen molar-refractivity contribution in [2.45, 2.75) is 19.1 Å². The first-order valence-corrected chi connectivity index (χ1v) is 6.80. The van der Waals surface area contributed by atoms with Crippen molar-refractivity contribution in [3.63, 3.8) is 0 Å². The quantitative estimate of drug-likeness (QED) is 0.916. The second-order valence-electron chi connectivity index (χ2n) is 5.04. The summed E-state index contributed by atoms with van der Waals surface area (Å²) in [4.78, 5) is 17.5. The Balaban J connectivity index is 1.57. The van der Waals surface area contributed by atoms with Gasteiger partial charge in [-0.1, -0.05) is 0 Å². The number of ether oxygens (including phenoxy) is 1. The van der Waals surface area contributed by atoms with Crippen LogP contribution in [0.3, 0.4) is 0 Å². The number of aromatic nitrogens is 1. The van der Waals surface area contributed by atoms with Gasteiger partial charge in [0, 0.05) is 31.5 Å². The van der Waals surface area contributed by atoms with E-state index < -0.39 is 5.43 Å². The van der Waals surface area contributed by atoms with Crippen LogP contribution in [0.15, 0.2) is 46.1 Å². The van der Waals surface area contributed by atoms with Crippen LogP contribution in [0, 0.1) is 0 Å². The first-order chi connectivity index (χ1) is 10.2. The lowest BCUT2D eigenvalue weighted by Crippen LogP contribution is -2.24. The zero-order chi connectivity index (χ0) is 14.7. The monoisotopic (exact) mass is 288 g/mol. The second kappa shape index (κ2) is 5.97. The third-order valence-corrected chi connectivity index (χ3v) is 3.43. The van der Waals surface area contributed by atoms with Crippen LogP contribution in [0.5, 0.6) is 11.5 Å². The fourth-order valence-corrected chi connectivity index (χ4v) is 2.39. The molecule has 0 saturated carbocycles. The molecule has 0 radical (unpaired) electrons. The number of hydrogen-bond acceptors (Lipinski definition) is 6. The summed E-state index contributed by atoms with van der Waals surface area (Å²) < 4.78 is 11.1. The molecule has 2 aromatic rings. The minimum absolute atomic E-state index is 0.122. The van der Waals surface area contributed by atoms with Gasteiger partial charge in [-0.3, -0.25) is 14.7 Å². The van der Waals surface area contributed by atoms with Crippen LogP contribution in [0.2, 0.25) is 0 Å². The second-order valence-corrected chi connectivity index (χ2v) is 5.04. The zero-order valence-electron chi connectivity index (χ0n) is 11.4. The van der Waals surface area contributed by atoms with Gasteiger partial charge < -0.3 is 14.3 Å². The average molecular weight is 288 g/mol. The molecule has 1 fully saturated rings. The van der Waals surface area contributed by atoms with Crippen LogP contribution in [0.4, 0.5) is 0 Å². The van der Waals surface area contributed by atoms with Crippen LogP contribution >= 0.6 is 0 Å². The Morgan fingerprint density at radius 1 is 1.43 bits per heavy atom. The van der Waals surface area contributed by atoms with E-state index in [1.807, 2.05) is 12.1 Å². The molecular weight excluding hydrogens is 272 g/mol. The standard InChI is InChI=1S/C15H16N2O4/c18-14-7-13(20-10-15(14)19)9-17-6-3-12(8-17)21-11-1-4-16-5-2-11/h1-2,4-5,7,10,12,19H,3,6,8-9H2/t12-/m1/s1. The van der Waals surface area contributed by atoms with Crippen LogP contribution in [-0.4, -0.2) is 34.2 Å². The molecule has 0 spiro atoms. The first-order valence-electron chi connectivity index (χ1n) is 6.80. The number of rotatable bonds is 4. The third-order valence-electron chi connectivity index (χ3n) is 3.43. The lowest BCUT2D eigenvalue weighted by Gasteiger charge is -2.16. The normalized spacial score (nSPS) is 18.8. The molecule has 21 heavy (non-hydrogen) atoms. The number of nitrogens with zero attached hydrogens (tertiary/aromatic N) is 2. The Labute approximate surface area is 121 Å². The predicted octanol–water partition coefficient (Wildman–Crippen LogP) is 1.39. The summed E-state index contributed by atoms with van der Waals surface area (Å²) in [6.07, 6.45) is 5.53. The maximum Gasteiger partial charge on any atom is 0.226 e. The number of likely N-dealkylation sites (tertiary alicyclic amines) is 1. The van der Waals surface area contributed by atoms with Gasteiger partial charge in [-0.25, -0.2) is 0 Å². The Kier molecular flexibility index (Phi) is 3.87. The highest BCUT2D eigenvalue weighted by molar-refractivity contribution is 5.18. The van der Waals surface area contributed by atoms with Crippen molar-refractivity contribution >= 4 is 0 Å². The predicted molar refractivity (Wildman–Crippen MR) is 75.2 cm³/mol. The Bertz CT molecular complexity index is 656. The summed E-state index contributed by atoms with van der Waals surface area (Å²) in [5, 5.41) is 9.17. The molecule has 110 valence electrons. The molecule has 1 aliphatic heterocycles. The minimum atomic E-state index is -0.417. The molecule has 3 heterocycles. The van der Waals surface area contributed by atoms with Crippen molar-refractivity contribution in [2.24, 2.45) is 0 Å². The molecule has 0 aliphatic carbocycles. The first kappa shape index (κ1) is 13.6. The maximum absolute atomic E-state index is 11.4. The lowest BCUT2D eigenvalue weighted by molar-refractivity contribution is 0.193. The van der Waals surface area contributed by atoms with E-state index in [0.717, 1.165) is 31.5 Å². The van der Waals surface area contributed by atoms with Crippen molar-refractivity contribution < 1.29 is 14.3 Å². The van der Waals surface area contributed by atoms with E-state index in [1.165, 1.54) is 6.07 Å². The van der Waals surface area contributed by atoms with Crippen molar-refractivity contribution in [1.29, 1.82) is 0 Å². The fraction of sp³-hybridized carbons (Fsp3) is 0.333. The lowest BCUT2D eigenvalue weighted by atomic mass is 10.3. The van der Waals surface area contributed by atoms with Crippen molar-refractivity contribution in [1.82, 2.24) is 9.88 Å². The summed E-state index contributed by atoms with van der Waals surface area (Å²) in [5.74, 6) is 0.995. The molecule has 1 saturated heterocycles. The van der Waals surface area contributed by atoms with E-state index in [2.05, 4.69) is 9.88 Å². The molecule has 0 amide bonds. The summed E-state index contributed by atoms with van der Waals surface area (Å²) in [6.45, 7) is 2.18. The van der Waals surface area contributed by atoms with Gasteiger partial charge in [0.1, 0.15) is 23.9 Å². The Hall–Kier alpha value is -2.34. The minimum Gasteiger partial charge on any atom is -0.502 e. The molecule has 6 heteroatoms. The van der Waals surface area contributed by atoms with Crippen LogP contribution in [-0.2, 0) is 6.54 Å². The highest BCUT2D eigenvalue weighted by Crippen LogP contribution is 2.19. The van der Waals surface area contributed by atoms with Gasteiger partial charge in [-0.15, -0.1) is 0 Å². The average Bonchev–Trinajstić information content (AvgIpc) is 2.91. The van der Waals surface area contributed by atoms with Gasteiger partial charge >= 0.3 is 0 Å². The molecule has 1 N–H and O–H groups in total. The molecule has 3 rings (SSSR count). The Morgan fingerprint density at radius 2 is 2.24 bits per heavy atom. The van der Waals surface area contributed by atoms with E-state index in [4.69, 9.17) is 14.3 Å². The number of pyridine rings is 1. The van der Waals surface area contributed by atoms with Crippen molar-refractivity contribution in [3.05, 3.63) is 52.8 Å². The molecule has 0 aromatic carbocycles. The molecule has 6 nitrogen and oxygen atoms in total. The van der Waals surface area contributed by atoms with Crippen LogP contribution in [0.1, 0.15) is 12.2 Å². The topological polar surface area (TPSA) is 75.8 Å². The van der Waals surface area contributed by atoms with E-state index in [0.29, 0.717) is 12.3 Å². The fourth-order valence-electron chi connectivity index (χ4n) is 2.39. The highest BCUT2D eigenvalue weighted by Gasteiger charge is 2.24. The van der Waals surface area contributed by atoms with Crippen molar-refractivity contribution in [2.75, 3.05) is 13.1 Å². The van der Waals surface area contributed by atoms with Gasteiger partial charge in [0.25, 0.3) is 0 Å². The molecule has 2 aromatic heterocycles. The van der Waals surface area contributed by atoms with Crippen molar-refractivity contribution in [3.8, 4) is 11.5 Å². The SMILES string of the molecule is O=c1cc(CN2CC[C@@H](Oc3ccncc3)C2)occ1O. The van der Waals surface area contributed by atoms with Gasteiger partial charge in [-0.05, 0) is 18.6 Å². The molecular formula is C15H16N2O4. The summed E-state index contributed by atoms with van der Waals surface area (Å²) in [7, 11) is 0. The summed E-state index contributed by atoms with van der Waals surface area (Å²) in [5.41, 5.74) is -0.417. The number of aromatic hydroxyl groups is 1. The van der Waals surface area contributed by atoms with Gasteiger partial charge in [0.15, 0.2) is 5.75 Å². The van der Waals surface area contributed by atoms with E-state index >= 15 is 0 Å². The van der Waals surface area contributed by atoms with E-state index in [-0.39, 0.29) is 11.9 Å².